The van der Waals surface area contributed by atoms with Crippen molar-refractivity contribution in [3.63, 3.8) is 0 Å². The minimum Gasteiger partial charge on any atom is -0.384 e. The van der Waals surface area contributed by atoms with E-state index in [1.165, 1.54) is 13.0 Å². The van der Waals surface area contributed by atoms with E-state index in [1.54, 1.807) is 0 Å². The van der Waals surface area contributed by atoms with Gasteiger partial charge in [0.25, 0.3) is 0 Å². The maximum absolute atomic E-state index is 5.64. The molecule has 3 nitrogen and oxygen atoms in total. The average Bonchev–Trinajstić information content (AvgIpc) is 2.52. The van der Waals surface area contributed by atoms with Crippen LogP contribution in [-0.2, 0) is 0 Å². The SMILES string of the molecule is CN1CCC(c2cccc(N)n2)C1. The number of likely N-dealkylation sites (N-methyl/N-ethyl adjacent to an activating group) is 1. The summed E-state index contributed by atoms with van der Waals surface area (Å²) in [5.74, 6) is 1.21. The fourth-order valence-corrected chi connectivity index (χ4v) is 1.87. The lowest BCUT2D eigenvalue weighted by molar-refractivity contribution is 0.411. The van der Waals surface area contributed by atoms with Crippen molar-refractivity contribution in [2.24, 2.45) is 0 Å². The second-order valence-electron chi connectivity index (χ2n) is 3.74. The maximum Gasteiger partial charge on any atom is 0.123 e. The highest BCUT2D eigenvalue weighted by Gasteiger charge is 2.21. The van der Waals surface area contributed by atoms with E-state index in [2.05, 4.69) is 23.0 Å². The maximum atomic E-state index is 5.64. The first kappa shape index (κ1) is 8.51. The zero-order valence-electron chi connectivity index (χ0n) is 7.90. The first-order chi connectivity index (χ1) is 6.25. The zero-order valence-corrected chi connectivity index (χ0v) is 7.90. The lowest BCUT2D eigenvalue weighted by Crippen LogP contribution is -2.13. The van der Waals surface area contributed by atoms with Gasteiger partial charge in [0.15, 0.2) is 0 Å². The summed E-state index contributed by atoms with van der Waals surface area (Å²) in [6.45, 7) is 2.28. The number of aromatic nitrogens is 1. The molecule has 13 heavy (non-hydrogen) atoms. The highest BCUT2D eigenvalue weighted by molar-refractivity contribution is 5.30. The first-order valence-electron chi connectivity index (χ1n) is 4.66. The van der Waals surface area contributed by atoms with Crippen LogP contribution in [0.3, 0.4) is 0 Å². The molecule has 70 valence electrons. The molecule has 0 aliphatic carbocycles. The Morgan fingerprint density at radius 2 is 2.38 bits per heavy atom. The Balaban J connectivity index is 2.16. The molecule has 0 bridgehead atoms. The summed E-state index contributed by atoms with van der Waals surface area (Å²) < 4.78 is 0. The van der Waals surface area contributed by atoms with Gasteiger partial charge in [-0.3, -0.25) is 0 Å². The van der Waals surface area contributed by atoms with Gasteiger partial charge in [-0.05, 0) is 32.1 Å². The van der Waals surface area contributed by atoms with E-state index in [9.17, 15) is 0 Å². The Kier molecular flexibility index (Phi) is 2.19. The number of pyridine rings is 1. The van der Waals surface area contributed by atoms with Crippen LogP contribution in [0, 0.1) is 0 Å². The van der Waals surface area contributed by atoms with Crippen molar-refractivity contribution in [1.29, 1.82) is 0 Å². The van der Waals surface area contributed by atoms with Crippen LogP contribution in [0.15, 0.2) is 18.2 Å². The lowest BCUT2D eigenvalue weighted by atomic mass is 10.0. The summed E-state index contributed by atoms with van der Waals surface area (Å²) >= 11 is 0. The van der Waals surface area contributed by atoms with Gasteiger partial charge in [0.1, 0.15) is 5.82 Å². The summed E-state index contributed by atoms with van der Waals surface area (Å²) in [7, 11) is 2.15. The Hall–Kier alpha value is -1.09. The molecule has 0 aromatic carbocycles. The minimum atomic E-state index is 0.577. The summed E-state index contributed by atoms with van der Waals surface area (Å²) in [5.41, 5.74) is 6.78. The third-order valence-corrected chi connectivity index (χ3v) is 2.60. The average molecular weight is 177 g/mol. The number of nitrogens with two attached hydrogens (primary N) is 1. The topological polar surface area (TPSA) is 42.1 Å². The van der Waals surface area contributed by atoms with E-state index >= 15 is 0 Å². The first-order valence-corrected chi connectivity index (χ1v) is 4.66. The van der Waals surface area contributed by atoms with Gasteiger partial charge in [0.2, 0.25) is 0 Å². The van der Waals surface area contributed by atoms with Gasteiger partial charge >= 0.3 is 0 Å². The molecule has 0 saturated carbocycles. The predicted molar refractivity (Wildman–Crippen MR) is 53.5 cm³/mol. The summed E-state index contributed by atoms with van der Waals surface area (Å²) in [4.78, 5) is 6.67. The minimum absolute atomic E-state index is 0.577. The van der Waals surface area contributed by atoms with Gasteiger partial charge in [-0.25, -0.2) is 4.98 Å². The molecule has 1 aliphatic heterocycles. The van der Waals surface area contributed by atoms with Crippen LogP contribution in [0.25, 0.3) is 0 Å². The van der Waals surface area contributed by atoms with Crippen LogP contribution in [0.4, 0.5) is 5.82 Å². The fraction of sp³-hybridized carbons (Fsp3) is 0.500. The molecule has 2 N–H and O–H groups in total. The van der Waals surface area contributed by atoms with E-state index in [0.717, 1.165) is 12.2 Å². The van der Waals surface area contributed by atoms with Crippen LogP contribution < -0.4 is 5.73 Å². The summed E-state index contributed by atoms with van der Waals surface area (Å²) in [5, 5.41) is 0. The molecule has 2 rings (SSSR count). The van der Waals surface area contributed by atoms with Crippen LogP contribution >= 0.6 is 0 Å². The van der Waals surface area contributed by atoms with Crippen LogP contribution in [0.5, 0.6) is 0 Å². The largest absolute Gasteiger partial charge is 0.384 e. The Bertz CT molecular complexity index is 298. The van der Waals surface area contributed by atoms with Crippen molar-refractivity contribution >= 4 is 5.82 Å². The molecule has 1 unspecified atom stereocenters. The van der Waals surface area contributed by atoms with Crippen molar-refractivity contribution in [2.75, 3.05) is 25.9 Å². The summed E-state index contributed by atoms with van der Waals surface area (Å²) in [6, 6.07) is 5.89. The number of hydrogen-bond acceptors (Lipinski definition) is 3. The van der Waals surface area contributed by atoms with Gasteiger partial charge in [0, 0.05) is 18.2 Å². The highest BCUT2D eigenvalue weighted by atomic mass is 15.1. The monoisotopic (exact) mass is 177 g/mol. The van der Waals surface area contributed by atoms with E-state index in [-0.39, 0.29) is 0 Å². The van der Waals surface area contributed by atoms with Crippen LogP contribution in [-0.4, -0.2) is 30.0 Å². The zero-order chi connectivity index (χ0) is 9.26. The van der Waals surface area contributed by atoms with Crippen molar-refractivity contribution < 1.29 is 0 Å². The molecule has 1 fully saturated rings. The second kappa shape index (κ2) is 3.34. The van der Waals surface area contributed by atoms with Crippen molar-refractivity contribution in [1.82, 2.24) is 9.88 Å². The molecule has 1 aromatic rings. The smallest absolute Gasteiger partial charge is 0.123 e. The number of nitrogen functional groups attached to an aromatic ring is 1. The number of nitrogens with zero attached hydrogens (tertiary/aromatic N) is 2. The standard InChI is InChI=1S/C10H15N3/c1-13-6-5-8(7-13)9-3-2-4-10(11)12-9/h2-4,8H,5-7H2,1H3,(H2,11,12). The number of likely N-dealkylation sites (tertiary alicyclic amines) is 1. The van der Waals surface area contributed by atoms with Gasteiger partial charge in [0.05, 0.1) is 0 Å². The van der Waals surface area contributed by atoms with Crippen molar-refractivity contribution in [3.8, 4) is 0 Å². The molecule has 1 aliphatic rings. The van der Waals surface area contributed by atoms with Crippen LogP contribution in [0.2, 0.25) is 0 Å². The molecule has 1 aromatic heterocycles. The Morgan fingerprint density at radius 3 is 3.00 bits per heavy atom. The van der Waals surface area contributed by atoms with Gasteiger partial charge < -0.3 is 10.6 Å². The van der Waals surface area contributed by atoms with E-state index in [0.29, 0.717) is 11.7 Å². The molecule has 0 spiro atoms. The Morgan fingerprint density at radius 1 is 1.54 bits per heavy atom. The molecule has 0 amide bonds. The van der Waals surface area contributed by atoms with Gasteiger partial charge in [-0.2, -0.15) is 0 Å². The van der Waals surface area contributed by atoms with E-state index < -0.39 is 0 Å². The lowest BCUT2D eigenvalue weighted by Gasteiger charge is -2.09. The Labute approximate surface area is 78.6 Å². The third kappa shape index (κ3) is 1.80. The number of hydrogen-bond donors (Lipinski definition) is 1. The second-order valence-corrected chi connectivity index (χ2v) is 3.74. The van der Waals surface area contributed by atoms with Crippen LogP contribution in [0.1, 0.15) is 18.0 Å². The highest BCUT2D eigenvalue weighted by Crippen LogP contribution is 2.24. The quantitative estimate of drug-likeness (QED) is 0.698. The molecular weight excluding hydrogens is 162 g/mol. The third-order valence-electron chi connectivity index (χ3n) is 2.60. The van der Waals surface area contributed by atoms with Gasteiger partial charge in [-0.1, -0.05) is 6.07 Å². The molecular formula is C10H15N3. The van der Waals surface area contributed by atoms with E-state index in [4.69, 9.17) is 5.73 Å². The fourth-order valence-electron chi connectivity index (χ4n) is 1.87. The molecule has 1 atom stereocenters. The molecule has 0 radical (unpaired) electrons. The van der Waals surface area contributed by atoms with Gasteiger partial charge in [-0.15, -0.1) is 0 Å². The normalized spacial score (nSPS) is 23.6. The predicted octanol–water partition coefficient (Wildman–Crippen LogP) is 1.08. The van der Waals surface area contributed by atoms with Crippen molar-refractivity contribution in [2.45, 2.75) is 12.3 Å². The number of rotatable bonds is 1. The van der Waals surface area contributed by atoms with Crippen molar-refractivity contribution in [3.05, 3.63) is 23.9 Å². The summed E-state index contributed by atoms with van der Waals surface area (Å²) in [6.07, 6.45) is 1.20. The molecule has 1 saturated heterocycles. The van der Waals surface area contributed by atoms with E-state index in [1.807, 2.05) is 12.1 Å². The molecule has 3 heteroatoms. The molecule has 2 heterocycles. The number of anilines is 1.